The van der Waals surface area contributed by atoms with Gasteiger partial charge in [-0.05, 0) is 19.1 Å². The molecular formula is C14H17N3O2. The lowest BCUT2D eigenvalue weighted by Crippen LogP contribution is -2.41. The number of carbonyl (C=O) groups is 1. The topological polar surface area (TPSA) is 44.8 Å². The van der Waals surface area contributed by atoms with Gasteiger partial charge in [-0.15, -0.1) is 0 Å². The van der Waals surface area contributed by atoms with Crippen LogP contribution in [0.2, 0.25) is 0 Å². The fourth-order valence-electron chi connectivity index (χ4n) is 1.99. The van der Waals surface area contributed by atoms with E-state index in [4.69, 9.17) is 4.74 Å². The summed E-state index contributed by atoms with van der Waals surface area (Å²) in [7, 11) is 1.62. The van der Waals surface area contributed by atoms with E-state index >= 15 is 0 Å². The highest BCUT2D eigenvalue weighted by atomic mass is 16.5. The van der Waals surface area contributed by atoms with Crippen molar-refractivity contribution in [3.63, 3.8) is 0 Å². The van der Waals surface area contributed by atoms with Crippen LogP contribution in [0.15, 0.2) is 48.4 Å². The third-order valence-electron chi connectivity index (χ3n) is 2.96. The van der Waals surface area contributed by atoms with Crippen molar-refractivity contribution in [2.24, 2.45) is 0 Å². The van der Waals surface area contributed by atoms with Gasteiger partial charge in [0.1, 0.15) is 11.4 Å². The van der Waals surface area contributed by atoms with Crippen molar-refractivity contribution in [1.29, 1.82) is 0 Å². The molecule has 0 spiro atoms. The highest BCUT2D eigenvalue weighted by molar-refractivity contribution is 5.94. The van der Waals surface area contributed by atoms with Crippen LogP contribution in [0.4, 0.5) is 5.69 Å². The molecule has 2 rings (SSSR count). The van der Waals surface area contributed by atoms with Crippen LogP contribution in [-0.4, -0.2) is 17.9 Å². The molecule has 1 N–H and O–H groups in total. The quantitative estimate of drug-likeness (QED) is 0.898. The third kappa shape index (κ3) is 2.27. The first kappa shape index (κ1) is 13.0. The van der Waals surface area contributed by atoms with E-state index in [1.807, 2.05) is 31.2 Å². The first-order chi connectivity index (χ1) is 9.08. The molecule has 0 fully saturated rings. The summed E-state index contributed by atoms with van der Waals surface area (Å²) in [6, 6.07) is 7.55. The Morgan fingerprint density at radius 1 is 1.47 bits per heavy atom. The Labute approximate surface area is 112 Å². The molecule has 100 valence electrons. The number of hydrogen-bond acceptors (Lipinski definition) is 5. The number of hydrogen-bond donors (Lipinski definition) is 1. The number of nitrogens with zero attached hydrogens (tertiary/aromatic N) is 2. The fourth-order valence-corrected chi connectivity index (χ4v) is 1.99. The van der Waals surface area contributed by atoms with Crippen LogP contribution in [0.25, 0.3) is 0 Å². The maximum atomic E-state index is 11.6. The predicted octanol–water partition coefficient (Wildman–Crippen LogP) is 2.20. The molecule has 1 aliphatic heterocycles. The van der Waals surface area contributed by atoms with Gasteiger partial charge in [0, 0.05) is 19.2 Å². The van der Waals surface area contributed by atoms with E-state index in [9.17, 15) is 4.79 Å². The number of rotatable bonds is 4. The molecule has 0 atom stereocenters. The number of allylic oxidation sites excluding steroid dienone is 2. The molecule has 0 saturated heterocycles. The second kappa shape index (κ2) is 5.06. The Morgan fingerprint density at radius 2 is 2.21 bits per heavy atom. The molecule has 0 bridgehead atoms. The van der Waals surface area contributed by atoms with Gasteiger partial charge in [-0.25, -0.2) is 5.01 Å². The lowest BCUT2D eigenvalue weighted by molar-refractivity contribution is -0.113. The van der Waals surface area contributed by atoms with Gasteiger partial charge in [-0.2, -0.15) is 5.12 Å². The number of anilines is 1. The van der Waals surface area contributed by atoms with Crippen molar-refractivity contribution in [2.75, 3.05) is 12.2 Å². The van der Waals surface area contributed by atoms with Crippen molar-refractivity contribution in [3.05, 3.63) is 48.4 Å². The highest BCUT2D eigenvalue weighted by Gasteiger charge is 2.27. The molecule has 1 aliphatic rings. The highest BCUT2D eigenvalue weighted by Crippen LogP contribution is 2.28. The summed E-state index contributed by atoms with van der Waals surface area (Å²) in [5.74, 6) is 0.729. The molecular weight excluding hydrogens is 242 g/mol. The average molecular weight is 259 g/mol. The number of nitrogens with one attached hydrogen (secondary N) is 1. The van der Waals surface area contributed by atoms with Crippen LogP contribution in [0.3, 0.4) is 0 Å². The Hall–Kier alpha value is -2.43. The summed E-state index contributed by atoms with van der Waals surface area (Å²) in [5.41, 5.74) is 5.30. The first-order valence-electron chi connectivity index (χ1n) is 5.93. The number of hydrazine groups is 2. The van der Waals surface area contributed by atoms with E-state index in [1.54, 1.807) is 23.4 Å². The van der Waals surface area contributed by atoms with E-state index in [-0.39, 0.29) is 5.78 Å². The second-order valence-electron chi connectivity index (χ2n) is 4.17. The monoisotopic (exact) mass is 259 g/mol. The third-order valence-corrected chi connectivity index (χ3v) is 2.96. The number of carbonyl (C=O) groups excluding carboxylic acids is 1. The lowest BCUT2D eigenvalue weighted by atomic mass is 10.3. The molecule has 0 amide bonds. The van der Waals surface area contributed by atoms with E-state index in [2.05, 4.69) is 12.0 Å². The Morgan fingerprint density at radius 3 is 2.79 bits per heavy atom. The summed E-state index contributed by atoms with van der Waals surface area (Å²) in [6.45, 7) is 7.17. The van der Waals surface area contributed by atoms with Crippen LogP contribution in [-0.2, 0) is 4.79 Å². The molecule has 1 aromatic carbocycles. The smallest absolute Gasteiger partial charge is 0.179 e. The zero-order valence-electron chi connectivity index (χ0n) is 11.3. The van der Waals surface area contributed by atoms with Gasteiger partial charge in [0.25, 0.3) is 0 Å². The molecule has 5 nitrogen and oxygen atoms in total. The van der Waals surface area contributed by atoms with Crippen molar-refractivity contribution < 1.29 is 9.53 Å². The zero-order valence-corrected chi connectivity index (χ0v) is 11.3. The molecule has 0 unspecified atom stereocenters. The normalized spacial score (nSPS) is 14.5. The predicted molar refractivity (Wildman–Crippen MR) is 74.0 cm³/mol. The van der Waals surface area contributed by atoms with Crippen molar-refractivity contribution in [1.82, 2.24) is 10.4 Å². The van der Waals surface area contributed by atoms with Crippen LogP contribution in [0, 0.1) is 0 Å². The molecule has 0 radical (unpaired) electrons. The first-order valence-corrected chi connectivity index (χ1v) is 5.93. The van der Waals surface area contributed by atoms with Gasteiger partial charge < -0.3 is 4.74 Å². The summed E-state index contributed by atoms with van der Waals surface area (Å²) in [4.78, 5) is 11.6. The summed E-state index contributed by atoms with van der Waals surface area (Å²) < 4.78 is 5.21. The second-order valence-corrected chi connectivity index (χ2v) is 4.17. The van der Waals surface area contributed by atoms with Gasteiger partial charge in [0.05, 0.1) is 18.5 Å². The standard InChI is InChI=1S/C14H17N3O2/c1-5-16-10(2)14(11(3)18)15-17(16)12-7-6-8-13(9-12)19-4/h5-9,15H,1H2,2-4H3. The van der Waals surface area contributed by atoms with Crippen LogP contribution in [0.1, 0.15) is 13.8 Å². The summed E-state index contributed by atoms with van der Waals surface area (Å²) in [6.07, 6.45) is 1.65. The Balaban J connectivity index is 2.36. The summed E-state index contributed by atoms with van der Waals surface area (Å²) >= 11 is 0. The van der Waals surface area contributed by atoms with E-state index in [1.165, 1.54) is 6.92 Å². The Kier molecular flexibility index (Phi) is 3.46. The number of benzene rings is 1. The van der Waals surface area contributed by atoms with Crippen LogP contribution in [0.5, 0.6) is 5.75 Å². The molecule has 0 aliphatic carbocycles. The van der Waals surface area contributed by atoms with Crippen LogP contribution < -0.4 is 15.3 Å². The molecule has 19 heavy (non-hydrogen) atoms. The zero-order chi connectivity index (χ0) is 14.0. The van der Waals surface area contributed by atoms with Crippen molar-refractivity contribution in [3.8, 4) is 5.75 Å². The van der Waals surface area contributed by atoms with E-state index < -0.39 is 0 Å². The molecule has 1 heterocycles. The number of Topliss-reactive ketones (excluding diaryl/α,β-unsaturated/α-hetero) is 1. The molecule has 0 aromatic heterocycles. The SMILES string of the molecule is C=CN1C(C)=C(C(C)=O)NN1c1cccc(OC)c1. The fraction of sp³-hybridized carbons (Fsp3) is 0.214. The molecule has 1 aromatic rings. The van der Waals surface area contributed by atoms with Gasteiger partial charge >= 0.3 is 0 Å². The van der Waals surface area contributed by atoms with Crippen molar-refractivity contribution >= 4 is 11.5 Å². The number of methoxy groups -OCH3 is 1. The van der Waals surface area contributed by atoms with Gasteiger partial charge in [0.15, 0.2) is 5.78 Å². The Bertz CT molecular complexity index is 551. The average Bonchev–Trinajstić information content (AvgIpc) is 2.75. The minimum absolute atomic E-state index is 0.0188. The maximum absolute atomic E-state index is 11.6. The van der Waals surface area contributed by atoms with Crippen LogP contribution >= 0.6 is 0 Å². The van der Waals surface area contributed by atoms with E-state index in [0.717, 1.165) is 17.1 Å². The van der Waals surface area contributed by atoms with Crippen molar-refractivity contribution in [2.45, 2.75) is 13.8 Å². The summed E-state index contributed by atoms with van der Waals surface area (Å²) in [5, 5.41) is 3.53. The van der Waals surface area contributed by atoms with Gasteiger partial charge in [0.2, 0.25) is 0 Å². The number of ketones is 1. The molecule has 5 heteroatoms. The largest absolute Gasteiger partial charge is 0.497 e. The molecule has 0 saturated carbocycles. The minimum atomic E-state index is -0.0188. The van der Waals surface area contributed by atoms with E-state index in [0.29, 0.717) is 5.70 Å². The maximum Gasteiger partial charge on any atom is 0.179 e. The minimum Gasteiger partial charge on any atom is -0.497 e. The van der Waals surface area contributed by atoms with Gasteiger partial charge in [-0.1, -0.05) is 12.6 Å². The number of ether oxygens (including phenoxy) is 1. The lowest BCUT2D eigenvalue weighted by Gasteiger charge is -2.29. The van der Waals surface area contributed by atoms with Gasteiger partial charge in [-0.3, -0.25) is 10.2 Å².